The van der Waals surface area contributed by atoms with Gasteiger partial charge < -0.3 is 15.7 Å². The molecule has 0 amide bonds. The van der Waals surface area contributed by atoms with E-state index in [2.05, 4.69) is 96.8 Å². The second-order valence-electron chi connectivity index (χ2n) is 18.1. The van der Waals surface area contributed by atoms with E-state index in [-0.39, 0.29) is 38.9 Å². The molecule has 5 aliphatic carbocycles. The molecule has 0 spiro atoms. The maximum Gasteiger partial charge on any atom is 0.306 e. The highest BCUT2D eigenvalue weighted by molar-refractivity contribution is 5.76. The van der Waals surface area contributed by atoms with Gasteiger partial charge in [0.1, 0.15) is 5.82 Å². The number of aromatic amines is 1. The van der Waals surface area contributed by atoms with Crippen LogP contribution in [0.4, 0.5) is 11.5 Å². The molecule has 6 heteroatoms. The Morgan fingerprint density at radius 2 is 1.76 bits per heavy atom. The number of nitrogens with two attached hydrogens (primary N) is 1. The highest BCUT2D eigenvalue weighted by atomic mass is 16.4. The molecule has 5 aliphatic rings. The van der Waals surface area contributed by atoms with Gasteiger partial charge in [0, 0.05) is 30.8 Å². The number of H-pyrrole nitrogens is 1. The van der Waals surface area contributed by atoms with E-state index in [0.29, 0.717) is 17.8 Å². The average molecular weight is 613 g/mol. The smallest absolute Gasteiger partial charge is 0.306 e. The normalized spacial score (nSPS) is 39.5. The molecule has 3 saturated carbocycles. The van der Waals surface area contributed by atoms with Gasteiger partial charge in [-0.3, -0.25) is 9.89 Å². The van der Waals surface area contributed by atoms with Crippen LogP contribution in [0.15, 0.2) is 29.8 Å². The molecule has 244 valence electrons. The molecule has 3 fully saturated rings. The first-order valence-electron chi connectivity index (χ1n) is 17.5. The van der Waals surface area contributed by atoms with Gasteiger partial charge in [-0.15, -0.1) is 0 Å². The molecule has 8 atom stereocenters. The number of aromatic nitrogens is 2. The fraction of sp³-hybridized carbons (Fsp3) is 0.692. The van der Waals surface area contributed by atoms with Crippen LogP contribution in [0, 0.1) is 51.2 Å². The number of benzene rings is 1. The quantitative estimate of drug-likeness (QED) is 0.324. The predicted octanol–water partition coefficient (Wildman–Crippen LogP) is 8.34. The van der Waals surface area contributed by atoms with Crippen LogP contribution in [0.5, 0.6) is 0 Å². The van der Waals surface area contributed by atoms with E-state index < -0.39 is 5.97 Å². The standard InChI is InChI=1S/C39H56N4O2/c1-35(2)19-26-24(27(20-35)34(44)45)13-15-39(7)31(26)25(22-11-10-12-23(17-22)43(8)9)18-30-37(5)21-28-32(41-42-33(28)40)36(3,4)29(37)14-16-38(30,39)6/h10-12,17,24,26-27,29-30H,13-16,18-21H2,1-9H3,(H,44,45)(H3,40,41,42)/t24?,26?,27-,29?,30?,37?,38?,39?/m1/s1. The molecule has 1 aromatic carbocycles. The number of allylic oxidation sites excluding steroid dienone is 2. The van der Waals surface area contributed by atoms with Gasteiger partial charge in [0.25, 0.3) is 0 Å². The Balaban J connectivity index is 1.47. The average Bonchev–Trinajstić information content (AvgIpc) is 3.32. The first kappa shape index (κ1) is 30.9. The molecule has 7 unspecified atom stereocenters. The Kier molecular flexibility index (Phi) is 6.61. The summed E-state index contributed by atoms with van der Waals surface area (Å²) in [5, 5.41) is 18.5. The van der Waals surface area contributed by atoms with Crippen LogP contribution in [-0.4, -0.2) is 35.4 Å². The van der Waals surface area contributed by atoms with Gasteiger partial charge >= 0.3 is 5.97 Å². The van der Waals surface area contributed by atoms with Crippen molar-refractivity contribution in [1.82, 2.24) is 10.2 Å². The maximum absolute atomic E-state index is 12.8. The minimum Gasteiger partial charge on any atom is -0.481 e. The summed E-state index contributed by atoms with van der Waals surface area (Å²) in [7, 11) is 4.25. The van der Waals surface area contributed by atoms with Crippen molar-refractivity contribution in [2.75, 3.05) is 24.7 Å². The number of nitrogen functional groups attached to an aromatic ring is 1. The highest BCUT2D eigenvalue weighted by Crippen LogP contribution is 2.76. The van der Waals surface area contributed by atoms with Crippen LogP contribution in [0.3, 0.4) is 0 Å². The molecule has 1 aromatic heterocycles. The summed E-state index contributed by atoms with van der Waals surface area (Å²) >= 11 is 0. The van der Waals surface area contributed by atoms with Gasteiger partial charge in [0.15, 0.2) is 0 Å². The number of nitrogens with zero attached hydrogens (tertiary/aromatic N) is 2. The Hall–Kier alpha value is -2.76. The van der Waals surface area contributed by atoms with Crippen molar-refractivity contribution in [3.8, 4) is 0 Å². The number of rotatable bonds is 3. The van der Waals surface area contributed by atoms with Gasteiger partial charge in [-0.25, -0.2) is 0 Å². The maximum atomic E-state index is 12.8. The minimum absolute atomic E-state index is 0.00263. The van der Waals surface area contributed by atoms with Crippen LogP contribution < -0.4 is 10.6 Å². The van der Waals surface area contributed by atoms with Crippen LogP contribution in [0.25, 0.3) is 5.57 Å². The summed E-state index contributed by atoms with van der Waals surface area (Å²) in [5.74, 6) is 1.37. The molecule has 0 radical (unpaired) electrons. The molecule has 1 heterocycles. The SMILES string of the molecule is CN(C)c1cccc(C2=C3C4CC(C)(C)C[C@@H](C(=O)O)C4CCC3(C)C3(C)CCC4C(C)(C)c5n[nH]c(N)c5CC4(C)C3C2)c1. The van der Waals surface area contributed by atoms with Crippen molar-refractivity contribution >= 4 is 23.0 Å². The lowest BCUT2D eigenvalue weighted by Gasteiger charge is -2.70. The van der Waals surface area contributed by atoms with Gasteiger partial charge in [0.05, 0.1) is 11.6 Å². The van der Waals surface area contributed by atoms with Gasteiger partial charge in [-0.1, -0.05) is 66.2 Å². The summed E-state index contributed by atoms with van der Waals surface area (Å²) in [5.41, 5.74) is 14.8. The molecular formula is C39H56N4O2. The summed E-state index contributed by atoms with van der Waals surface area (Å²) in [6, 6.07) is 9.17. The second-order valence-corrected chi connectivity index (χ2v) is 18.1. The largest absolute Gasteiger partial charge is 0.481 e. The van der Waals surface area contributed by atoms with E-state index in [1.165, 1.54) is 40.9 Å². The second kappa shape index (κ2) is 9.64. The third kappa shape index (κ3) is 4.11. The van der Waals surface area contributed by atoms with Gasteiger partial charge in [0.2, 0.25) is 0 Å². The van der Waals surface area contributed by atoms with Crippen molar-refractivity contribution in [2.45, 2.75) is 105 Å². The number of carbonyl (C=O) groups is 1. The molecular weight excluding hydrogens is 556 g/mol. The number of carboxylic acid groups (broad SMARTS) is 1. The van der Waals surface area contributed by atoms with Crippen LogP contribution in [-0.2, 0) is 16.6 Å². The zero-order valence-electron chi connectivity index (χ0n) is 29.2. The summed E-state index contributed by atoms with van der Waals surface area (Å²) < 4.78 is 0. The Bertz CT molecular complexity index is 1580. The number of anilines is 2. The van der Waals surface area contributed by atoms with E-state index in [1.54, 1.807) is 5.57 Å². The van der Waals surface area contributed by atoms with Crippen molar-refractivity contribution in [2.24, 2.45) is 51.2 Å². The first-order chi connectivity index (χ1) is 20.9. The number of hydrogen-bond acceptors (Lipinski definition) is 4. The molecule has 7 rings (SSSR count). The van der Waals surface area contributed by atoms with Crippen LogP contribution in [0.1, 0.15) is 110 Å². The van der Waals surface area contributed by atoms with E-state index >= 15 is 0 Å². The van der Waals surface area contributed by atoms with Crippen molar-refractivity contribution in [3.63, 3.8) is 0 Å². The first-order valence-corrected chi connectivity index (χ1v) is 17.5. The monoisotopic (exact) mass is 612 g/mol. The summed E-state index contributed by atoms with van der Waals surface area (Å²) in [4.78, 5) is 15.0. The van der Waals surface area contributed by atoms with E-state index in [1.807, 2.05) is 0 Å². The predicted molar refractivity (Wildman–Crippen MR) is 183 cm³/mol. The Morgan fingerprint density at radius 1 is 1.02 bits per heavy atom. The number of aliphatic carboxylic acids is 1. The molecule has 0 bridgehead atoms. The van der Waals surface area contributed by atoms with E-state index in [4.69, 9.17) is 10.8 Å². The number of nitrogens with one attached hydrogen (secondary N) is 1. The van der Waals surface area contributed by atoms with Crippen molar-refractivity contribution in [3.05, 3.63) is 46.7 Å². The molecule has 45 heavy (non-hydrogen) atoms. The lowest BCUT2D eigenvalue weighted by molar-refractivity contribution is -0.161. The molecule has 0 saturated heterocycles. The minimum atomic E-state index is -0.594. The number of carboxylic acids is 1. The molecule has 6 nitrogen and oxygen atoms in total. The third-order valence-electron chi connectivity index (χ3n) is 14.8. The zero-order chi connectivity index (χ0) is 32.5. The number of fused-ring (bicyclic) bond motifs is 8. The molecule has 4 N–H and O–H groups in total. The fourth-order valence-electron chi connectivity index (χ4n) is 12.7. The highest BCUT2D eigenvalue weighted by Gasteiger charge is 2.68. The summed E-state index contributed by atoms with van der Waals surface area (Å²) in [6.45, 7) is 17.3. The number of hydrogen-bond donors (Lipinski definition) is 3. The molecule has 0 aliphatic heterocycles. The zero-order valence-corrected chi connectivity index (χ0v) is 29.2. The van der Waals surface area contributed by atoms with Gasteiger partial charge in [-0.05, 0) is 120 Å². The lowest BCUT2D eigenvalue weighted by atomic mass is 9.33. The topological polar surface area (TPSA) is 95.2 Å². The van der Waals surface area contributed by atoms with Crippen molar-refractivity contribution < 1.29 is 9.90 Å². The van der Waals surface area contributed by atoms with Crippen LogP contribution >= 0.6 is 0 Å². The third-order valence-corrected chi connectivity index (χ3v) is 14.8. The Morgan fingerprint density at radius 3 is 2.44 bits per heavy atom. The van der Waals surface area contributed by atoms with E-state index in [9.17, 15) is 9.90 Å². The van der Waals surface area contributed by atoms with Gasteiger partial charge in [-0.2, -0.15) is 5.10 Å². The van der Waals surface area contributed by atoms with Crippen molar-refractivity contribution in [1.29, 1.82) is 0 Å². The Labute approximate surface area is 270 Å². The lowest BCUT2D eigenvalue weighted by Crippen LogP contribution is -2.64. The summed E-state index contributed by atoms with van der Waals surface area (Å²) in [6.07, 6.45) is 8.33. The molecule has 2 aromatic rings. The fourth-order valence-corrected chi connectivity index (χ4v) is 12.7. The van der Waals surface area contributed by atoms with Crippen LogP contribution in [0.2, 0.25) is 0 Å². The van der Waals surface area contributed by atoms with E-state index in [0.717, 1.165) is 44.3 Å².